The minimum absolute atomic E-state index is 0.117. The highest BCUT2D eigenvalue weighted by Gasteiger charge is 2.14. The van der Waals surface area contributed by atoms with Crippen LogP contribution in [0.1, 0.15) is 39.0 Å². The van der Waals surface area contributed by atoms with Gasteiger partial charge in [-0.25, -0.2) is 4.39 Å². The van der Waals surface area contributed by atoms with Gasteiger partial charge in [0.15, 0.2) is 11.6 Å². The van der Waals surface area contributed by atoms with Gasteiger partial charge in [-0.3, -0.25) is 0 Å². The molecule has 4 heteroatoms. The Morgan fingerprint density at radius 1 is 0.870 bits per heavy atom. The summed E-state index contributed by atoms with van der Waals surface area (Å²) in [6, 6.07) is 9.35. The summed E-state index contributed by atoms with van der Waals surface area (Å²) in [6.07, 6.45) is 5.87. The number of phenols is 1. The third kappa shape index (κ3) is 4.68. The fraction of sp³-hybridized carbons (Fsp3) is 0.368. The third-order valence-electron chi connectivity index (χ3n) is 3.74. The van der Waals surface area contributed by atoms with E-state index in [4.69, 9.17) is 9.84 Å². The number of benzene rings is 2. The predicted molar refractivity (Wildman–Crippen MR) is 87.7 cm³/mol. The van der Waals surface area contributed by atoms with E-state index in [0.29, 0.717) is 17.9 Å². The van der Waals surface area contributed by atoms with Crippen molar-refractivity contribution in [3.8, 4) is 22.6 Å². The zero-order valence-corrected chi connectivity index (χ0v) is 13.3. The maximum atomic E-state index is 13.8. The highest BCUT2D eigenvalue weighted by atomic mass is 19.2. The molecule has 0 radical (unpaired) electrons. The number of aromatic hydroxyl groups is 1. The van der Waals surface area contributed by atoms with E-state index in [1.54, 1.807) is 24.3 Å². The number of phenolic OH excluding ortho intramolecular Hbond substituents is 1. The second kappa shape index (κ2) is 8.51. The van der Waals surface area contributed by atoms with Crippen LogP contribution in [0.25, 0.3) is 11.1 Å². The van der Waals surface area contributed by atoms with Crippen molar-refractivity contribution in [2.45, 2.75) is 39.0 Å². The minimum Gasteiger partial charge on any atom is -0.505 e. The summed E-state index contributed by atoms with van der Waals surface area (Å²) < 4.78 is 32.9. The molecule has 0 fully saturated rings. The Bertz CT molecular complexity index is 624. The van der Waals surface area contributed by atoms with Gasteiger partial charge in [-0.2, -0.15) is 4.39 Å². The average Bonchev–Trinajstić information content (AvgIpc) is 2.57. The van der Waals surface area contributed by atoms with E-state index in [1.807, 2.05) is 0 Å². The van der Waals surface area contributed by atoms with Crippen molar-refractivity contribution in [3.05, 3.63) is 48.0 Å². The molecule has 0 saturated carbocycles. The summed E-state index contributed by atoms with van der Waals surface area (Å²) >= 11 is 0. The second-order valence-corrected chi connectivity index (χ2v) is 5.55. The second-order valence-electron chi connectivity index (χ2n) is 5.55. The van der Waals surface area contributed by atoms with Crippen molar-refractivity contribution in [3.63, 3.8) is 0 Å². The van der Waals surface area contributed by atoms with E-state index in [2.05, 4.69) is 6.92 Å². The maximum Gasteiger partial charge on any atom is 0.200 e. The first-order chi connectivity index (χ1) is 11.1. The Kier molecular flexibility index (Phi) is 6.39. The fourth-order valence-electron chi connectivity index (χ4n) is 2.39. The van der Waals surface area contributed by atoms with E-state index in [9.17, 15) is 8.78 Å². The van der Waals surface area contributed by atoms with Crippen LogP contribution in [0, 0.1) is 11.6 Å². The number of rotatable bonds is 8. The summed E-state index contributed by atoms with van der Waals surface area (Å²) in [5.41, 5.74) is 0.656. The molecule has 0 saturated heterocycles. The molecule has 2 rings (SSSR count). The zero-order chi connectivity index (χ0) is 16.7. The Labute approximate surface area is 135 Å². The molecule has 0 aliphatic heterocycles. The first-order valence-electron chi connectivity index (χ1n) is 8.03. The third-order valence-corrected chi connectivity index (χ3v) is 3.74. The summed E-state index contributed by atoms with van der Waals surface area (Å²) in [4.78, 5) is 0. The highest BCUT2D eigenvalue weighted by Crippen LogP contribution is 2.30. The van der Waals surface area contributed by atoms with Crippen molar-refractivity contribution in [2.75, 3.05) is 6.61 Å². The molecule has 2 aromatic rings. The lowest BCUT2D eigenvalue weighted by molar-refractivity contribution is 0.304. The molecule has 0 aliphatic carbocycles. The van der Waals surface area contributed by atoms with Gasteiger partial charge in [0.05, 0.1) is 6.61 Å². The Hall–Kier alpha value is -2.10. The first-order valence-corrected chi connectivity index (χ1v) is 8.03. The Balaban J connectivity index is 1.93. The topological polar surface area (TPSA) is 29.5 Å². The molecular formula is C19H22F2O2. The van der Waals surface area contributed by atoms with Crippen LogP contribution >= 0.6 is 0 Å². The Morgan fingerprint density at radius 2 is 1.57 bits per heavy atom. The number of halogens is 2. The number of ether oxygens (including phenoxy) is 1. The molecule has 0 aliphatic rings. The van der Waals surface area contributed by atoms with Crippen LogP contribution < -0.4 is 4.74 Å². The minimum atomic E-state index is -1.23. The quantitative estimate of drug-likeness (QED) is 0.633. The smallest absolute Gasteiger partial charge is 0.200 e. The number of unbranched alkanes of at least 4 members (excludes halogenated alkanes) is 4. The molecule has 2 nitrogen and oxygen atoms in total. The van der Waals surface area contributed by atoms with Gasteiger partial charge in [0.1, 0.15) is 5.75 Å². The summed E-state index contributed by atoms with van der Waals surface area (Å²) in [6.45, 7) is 2.84. The number of hydrogen-bond acceptors (Lipinski definition) is 2. The standard InChI is InChI=1S/C19H22F2O2/c1-2-3-4-5-6-13-23-15-9-7-14(8-10-15)16-11-12-17(22)19(21)18(16)20/h7-12,22H,2-6,13H2,1H3. The van der Waals surface area contributed by atoms with E-state index in [0.717, 1.165) is 18.9 Å². The Morgan fingerprint density at radius 3 is 2.26 bits per heavy atom. The van der Waals surface area contributed by atoms with Gasteiger partial charge in [-0.1, -0.05) is 44.7 Å². The molecule has 0 aromatic heterocycles. The van der Waals surface area contributed by atoms with Gasteiger partial charge in [0, 0.05) is 5.56 Å². The van der Waals surface area contributed by atoms with Crippen LogP contribution in [0.5, 0.6) is 11.5 Å². The highest BCUT2D eigenvalue weighted by molar-refractivity contribution is 5.65. The maximum absolute atomic E-state index is 13.8. The van der Waals surface area contributed by atoms with Gasteiger partial charge in [-0.15, -0.1) is 0 Å². The van der Waals surface area contributed by atoms with Crippen LogP contribution in [-0.4, -0.2) is 11.7 Å². The molecule has 1 N–H and O–H groups in total. The van der Waals surface area contributed by atoms with Gasteiger partial charge in [0.25, 0.3) is 0 Å². The van der Waals surface area contributed by atoms with Crippen molar-refractivity contribution in [1.82, 2.24) is 0 Å². The number of hydrogen-bond donors (Lipinski definition) is 1. The van der Waals surface area contributed by atoms with Crippen LogP contribution in [0.4, 0.5) is 8.78 Å². The first kappa shape index (κ1) is 17.3. The lowest BCUT2D eigenvalue weighted by atomic mass is 10.0. The van der Waals surface area contributed by atoms with Crippen molar-refractivity contribution in [2.24, 2.45) is 0 Å². The molecule has 0 amide bonds. The predicted octanol–water partition coefficient (Wildman–Crippen LogP) is 5.69. The molecule has 0 bridgehead atoms. The molecule has 2 aromatic carbocycles. The van der Waals surface area contributed by atoms with Crippen molar-refractivity contribution in [1.29, 1.82) is 0 Å². The van der Waals surface area contributed by atoms with Crippen LogP contribution in [-0.2, 0) is 0 Å². The summed E-state index contributed by atoms with van der Waals surface area (Å²) in [7, 11) is 0. The van der Waals surface area contributed by atoms with E-state index in [1.165, 1.54) is 25.3 Å². The van der Waals surface area contributed by atoms with E-state index >= 15 is 0 Å². The van der Waals surface area contributed by atoms with Crippen LogP contribution in [0.15, 0.2) is 36.4 Å². The van der Waals surface area contributed by atoms with E-state index in [-0.39, 0.29) is 5.56 Å². The lowest BCUT2D eigenvalue weighted by Gasteiger charge is -2.09. The monoisotopic (exact) mass is 320 g/mol. The van der Waals surface area contributed by atoms with Crippen molar-refractivity contribution >= 4 is 0 Å². The molecule has 124 valence electrons. The van der Waals surface area contributed by atoms with Crippen molar-refractivity contribution < 1.29 is 18.6 Å². The molecule has 23 heavy (non-hydrogen) atoms. The SMILES string of the molecule is CCCCCCCOc1ccc(-c2ccc(O)c(F)c2F)cc1. The lowest BCUT2D eigenvalue weighted by Crippen LogP contribution is -1.97. The summed E-state index contributed by atoms with van der Waals surface area (Å²) in [5.74, 6) is -2.25. The molecular weight excluding hydrogens is 298 g/mol. The average molecular weight is 320 g/mol. The van der Waals surface area contributed by atoms with Gasteiger partial charge in [0.2, 0.25) is 5.82 Å². The zero-order valence-electron chi connectivity index (χ0n) is 13.3. The largest absolute Gasteiger partial charge is 0.505 e. The van der Waals surface area contributed by atoms with Crippen LogP contribution in [0.2, 0.25) is 0 Å². The fourth-order valence-corrected chi connectivity index (χ4v) is 2.39. The molecule has 0 heterocycles. The van der Waals surface area contributed by atoms with Gasteiger partial charge >= 0.3 is 0 Å². The molecule has 0 spiro atoms. The summed E-state index contributed by atoms with van der Waals surface area (Å²) in [5, 5.41) is 9.16. The molecule has 0 atom stereocenters. The normalized spacial score (nSPS) is 10.7. The van der Waals surface area contributed by atoms with Crippen LogP contribution in [0.3, 0.4) is 0 Å². The van der Waals surface area contributed by atoms with Gasteiger partial charge in [-0.05, 0) is 36.2 Å². The van der Waals surface area contributed by atoms with Gasteiger partial charge < -0.3 is 9.84 Å². The molecule has 0 unspecified atom stereocenters. The van der Waals surface area contributed by atoms with E-state index < -0.39 is 17.4 Å².